The summed E-state index contributed by atoms with van der Waals surface area (Å²) in [5.41, 5.74) is 2.93. The zero-order valence-corrected chi connectivity index (χ0v) is 15.5. The van der Waals surface area contributed by atoms with Crippen molar-refractivity contribution in [2.45, 2.75) is 13.3 Å². The average Bonchev–Trinajstić information content (AvgIpc) is 2.70. The molecular weight excluding hydrogens is 362 g/mol. The van der Waals surface area contributed by atoms with Crippen molar-refractivity contribution in [1.82, 2.24) is 4.98 Å². The first-order chi connectivity index (χ1) is 13.1. The summed E-state index contributed by atoms with van der Waals surface area (Å²) in [6.07, 6.45) is 3.75. The fraction of sp³-hybridized carbons (Fsp3) is 0.0952. The van der Waals surface area contributed by atoms with Crippen LogP contribution in [0.2, 0.25) is 5.02 Å². The van der Waals surface area contributed by atoms with Crippen molar-refractivity contribution in [3.63, 3.8) is 0 Å². The second-order valence-electron chi connectivity index (χ2n) is 5.90. The average molecular weight is 380 g/mol. The molecule has 5 nitrogen and oxygen atoms in total. The molecule has 0 aliphatic rings. The maximum atomic E-state index is 12.5. The van der Waals surface area contributed by atoms with E-state index >= 15 is 0 Å². The van der Waals surface area contributed by atoms with Gasteiger partial charge in [-0.05, 0) is 42.3 Å². The fourth-order valence-electron chi connectivity index (χ4n) is 2.47. The van der Waals surface area contributed by atoms with Crippen LogP contribution in [-0.2, 0) is 6.42 Å². The van der Waals surface area contributed by atoms with Crippen molar-refractivity contribution in [2.24, 2.45) is 0 Å². The number of hydrogen-bond acceptors (Lipinski definition) is 3. The summed E-state index contributed by atoms with van der Waals surface area (Å²) in [4.78, 5) is 28.9. The minimum absolute atomic E-state index is 0.268. The third kappa shape index (κ3) is 4.71. The van der Waals surface area contributed by atoms with Gasteiger partial charge in [-0.15, -0.1) is 0 Å². The van der Waals surface area contributed by atoms with Crippen molar-refractivity contribution >= 4 is 34.8 Å². The molecule has 3 rings (SSSR count). The van der Waals surface area contributed by atoms with Crippen LogP contribution in [-0.4, -0.2) is 16.8 Å². The predicted octanol–water partition coefficient (Wildman–Crippen LogP) is 4.80. The number of nitrogens with zero attached hydrogens (tertiary/aromatic N) is 1. The Kier molecular flexibility index (Phi) is 5.84. The molecule has 6 heteroatoms. The molecule has 0 aliphatic heterocycles. The first-order valence-corrected chi connectivity index (χ1v) is 8.86. The number of pyridine rings is 1. The lowest BCUT2D eigenvalue weighted by Crippen LogP contribution is -2.16. The Balaban J connectivity index is 1.73. The molecule has 2 N–H and O–H groups in total. The first-order valence-electron chi connectivity index (χ1n) is 8.48. The van der Waals surface area contributed by atoms with Gasteiger partial charge in [0.1, 0.15) is 0 Å². The van der Waals surface area contributed by atoms with Crippen LogP contribution in [0.1, 0.15) is 33.2 Å². The van der Waals surface area contributed by atoms with Gasteiger partial charge in [0.25, 0.3) is 11.8 Å². The van der Waals surface area contributed by atoms with Crippen LogP contribution in [0.3, 0.4) is 0 Å². The van der Waals surface area contributed by atoms with Crippen LogP contribution in [0, 0.1) is 0 Å². The van der Waals surface area contributed by atoms with Gasteiger partial charge >= 0.3 is 0 Å². The molecule has 3 aromatic rings. The van der Waals surface area contributed by atoms with Gasteiger partial charge in [-0.1, -0.05) is 42.8 Å². The fourth-order valence-corrected chi connectivity index (χ4v) is 2.66. The van der Waals surface area contributed by atoms with E-state index in [0.29, 0.717) is 22.0 Å². The molecule has 27 heavy (non-hydrogen) atoms. The molecule has 2 aromatic carbocycles. The number of anilines is 2. The van der Waals surface area contributed by atoms with Crippen LogP contribution < -0.4 is 10.6 Å². The highest BCUT2D eigenvalue weighted by molar-refractivity contribution is 6.33. The van der Waals surface area contributed by atoms with Crippen molar-refractivity contribution in [1.29, 1.82) is 0 Å². The molecule has 2 amide bonds. The number of nitrogens with one attached hydrogen (secondary N) is 2. The van der Waals surface area contributed by atoms with E-state index in [4.69, 9.17) is 11.6 Å². The molecule has 0 aliphatic carbocycles. The Bertz CT molecular complexity index is 971. The van der Waals surface area contributed by atoms with Crippen molar-refractivity contribution in [3.8, 4) is 0 Å². The van der Waals surface area contributed by atoms with E-state index in [0.717, 1.165) is 6.42 Å². The number of aryl methyl sites for hydroxylation is 1. The maximum Gasteiger partial charge on any atom is 0.257 e. The second kappa shape index (κ2) is 8.47. The molecule has 0 bridgehead atoms. The standard InChI is InChI=1S/C21H18ClN3O2/c1-2-14-7-9-17(10-8-14)24-20(26)15-11-16(13-23-12-15)21(27)25-19-6-4-3-5-18(19)22/h3-13H,2H2,1H3,(H,24,26)(H,25,27). The molecule has 0 fully saturated rings. The molecule has 0 radical (unpaired) electrons. The third-order valence-corrected chi connectivity index (χ3v) is 4.33. The lowest BCUT2D eigenvalue weighted by molar-refractivity contribution is 0.102. The van der Waals surface area contributed by atoms with E-state index in [-0.39, 0.29) is 11.5 Å². The van der Waals surface area contributed by atoms with Gasteiger partial charge in [0, 0.05) is 18.1 Å². The minimum atomic E-state index is -0.391. The highest BCUT2D eigenvalue weighted by Crippen LogP contribution is 2.21. The summed E-state index contributed by atoms with van der Waals surface area (Å²) in [5, 5.41) is 5.95. The summed E-state index contributed by atoms with van der Waals surface area (Å²) in [7, 11) is 0. The summed E-state index contributed by atoms with van der Waals surface area (Å²) >= 11 is 6.05. The van der Waals surface area contributed by atoms with E-state index in [1.54, 1.807) is 24.3 Å². The zero-order valence-electron chi connectivity index (χ0n) is 14.7. The Morgan fingerprint density at radius 2 is 1.56 bits per heavy atom. The Labute approximate surface area is 162 Å². The van der Waals surface area contributed by atoms with Crippen LogP contribution in [0.4, 0.5) is 11.4 Å². The van der Waals surface area contributed by atoms with Crippen molar-refractivity contribution < 1.29 is 9.59 Å². The van der Waals surface area contributed by atoms with E-state index < -0.39 is 5.91 Å². The van der Waals surface area contributed by atoms with E-state index in [1.165, 1.54) is 24.0 Å². The van der Waals surface area contributed by atoms with Gasteiger partial charge < -0.3 is 10.6 Å². The molecule has 0 spiro atoms. The van der Waals surface area contributed by atoms with Crippen LogP contribution >= 0.6 is 11.6 Å². The number of hydrogen-bond donors (Lipinski definition) is 2. The smallest absolute Gasteiger partial charge is 0.257 e. The Morgan fingerprint density at radius 3 is 2.19 bits per heavy atom. The van der Waals surface area contributed by atoms with Crippen molar-refractivity contribution in [3.05, 3.63) is 88.7 Å². The van der Waals surface area contributed by atoms with Gasteiger partial charge in [0.15, 0.2) is 0 Å². The van der Waals surface area contributed by atoms with E-state index in [2.05, 4.69) is 22.5 Å². The summed E-state index contributed by atoms with van der Waals surface area (Å²) in [6, 6.07) is 16.0. The molecule has 0 saturated heterocycles. The number of benzene rings is 2. The summed E-state index contributed by atoms with van der Waals surface area (Å²) in [6.45, 7) is 2.07. The normalized spacial score (nSPS) is 10.3. The molecule has 0 atom stereocenters. The number of carbonyl (C=O) groups is 2. The van der Waals surface area contributed by atoms with Gasteiger partial charge in [0.05, 0.1) is 21.8 Å². The van der Waals surface area contributed by atoms with E-state index in [9.17, 15) is 9.59 Å². The monoisotopic (exact) mass is 379 g/mol. The quantitative estimate of drug-likeness (QED) is 0.668. The third-order valence-electron chi connectivity index (χ3n) is 4.00. The Hall–Kier alpha value is -3.18. The van der Waals surface area contributed by atoms with E-state index in [1.807, 2.05) is 24.3 Å². The Morgan fingerprint density at radius 1 is 0.926 bits per heavy atom. The lowest BCUT2D eigenvalue weighted by Gasteiger charge is -2.09. The molecular formula is C21H18ClN3O2. The number of para-hydroxylation sites is 1. The molecule has 1 heterocycles. The van der Waals surface area contributed by atoms with Crippen LogP contribution in [0.25, 0.3) is 0 Å². The number of aromatic nitrogens is 1. The SMILES string of the molecule is CCc1ccc(NC(=O)c2cncc(C(=O)Nc3ccccc3Cl)c2)cc1. The number of halogens is 1. The number of carbonyl (C=O) groups excluding carboxylic acids is 2. The number of rotatable bonds is 5. The second-order valence-corrected chi connectivity index (χ2v) is 6.31. The topological polar surface area (TPSA) is 71.1 Å². The summed E-state index contributed by atoms with van der Waals surface area (Å²) < 4.78 is 0. The van der Waals surface area contributed by atoms with Gasteiger partial charge in [-0.25, -0.2) is 0 Å². The molecule has 1 aromatic heterocycles. The van der Waals surface area contributed by atoms with Gasteiger partial charge in [-0.3, -0.25) is 14.6 Å². The van der Waals surface area contributed by atoms with Gasteiger partial charge in [-0.2, -0.15) is 0 Å². The van der Waals surface area contributed by atoms with Gasteiger partial charge in [0.2, 0.25) is 0 Å². The minimum Gasteiger partial charge on any atom is -0.322 e. The predicted molar refractivity (Wildman–Crippen MR) is 107 cm³/mol. The zero-order chi connectivity index (χ0) is 19.2. The molecule has 0 unspecified atom stereocenters. The largest absolute Gasteiger partial charge is 0.322 e. The maximum absolute atomic E-state index is 12.5. The highest BCUT2D eigenvalue weighted by Gasteiger charge is 2.13. The first kappa shape index (κ1) is 18.6. The molecule has 0 saturated carbocycles. The van der Waals surface area contributed by atoms with Crippen LogP contribution in [0.15, 0.2) is 67.0 Å². The number of amides is 2. The van der Waals surface area contributed by atoms with Crippen molar-refractivity contribution in [2.75, 3.05) is 10.6 Å². The lowest BCUT2D eigenvalue weighted by atomic mass is 10.1. The molecule has 136 valence electrons. The van der Waals surface area contributed by atoms with Crippen LogP contribution in [0.5, 0.6) is 0 Å². The highest BCUT2D eigenvalue weighted by atomic mass is 35.5. The summed E-state index contributed by atoms with van der Waals surface area (Å²) in [5.74, 6) is -0.725.